The van der Waals surface area contributed by atoms with E-state index in [1.54, 1.807) is 12.5 Å². The number of aromatic nitrogens is 2. The predicted molar refractivity (Wildman–Crippen MR) is 63.9 cm³/mol. The Morgan fingerprint density at radius 2 is 2.21 bits per heavy atom. The maximum Gasteiger partial charge on any atom is 0.0991 e. The molecule has 2 aromatic rings. The summed E-state index contributed by atoms with van der Waals surface area (Å²) in [7, 11) is 0. The van der Waals surface area contributed by atoms with Crippen LogP contribution < -0.4 is 0 Å². The molecule has 0 unspecified atom stereocenters. The number of rotatable bonds is 2. The van der Waals surface area contributed by atoms with Gasteiger partial charge in [-0.2, -0.15) is 0 Å². The van der Waals surface area contributed by atoms with Crippen molar-refractivity contribution in [2.24, 2.45) is 0 Å². The Morgan fingerprint density at radius 1 is 1.36 bits per heavy atom. The molecule has 14 heavy (non-hydrogen) atoms. The van der Waals surface area contributed by atoms with Crippen LogP contribution in [-0.2, 0) is 5.33 Å². The quantitative estimate of drug-likeness (QED) is 0.775. The molecule has 0 aliphatic rings. The maximum absolute atomic E-state index is 4.01. The van der Waals surface area contributed by atoms with Gasteiger partial charge in [-0.15, -0.1) is 0 Å². The summed E-state index contributed by atoms with van der Waals surface area (Å²) in [6.07, 6.45) is 5.48. The summed E-state index contributed by atoms with van der Waals surface area (Å²) in [6, 6.07) is 6.25. The van der Waals surface area contributed by atoms with Crippen LogP contribution in [-0.4, -0.2) is 9.55 Å². The highest BCUT2D eigenvalue weighted by Crippen LogP contribution is 2.22. The van der Waals surface area contributed by atoms with Gasteiger partial charge in [0.05, 0.1) is 6.33 Å². The Balaban J connectivity index is 2.43. The standard InChI is InChI=1S/C10H8Br2N2/c11-6-8-1-2-9(5-10(8)12)14-4-3-13-7-14/h1-5,7H,6H2. The van der Waals surface area contributed by atoms with Crippen molar-refractivity contribution < 1.29 is 0 Å². The van der Waals surface area contributed by atoms with Gasteiger partial charge in [-0.05, 0) is 17.7 Å². The van der Waals surface area contributed by atoms with Crippen LogP contribution in [0.4, 0.5) is 0 Å². The van der Waals surface area contributed by atoms with Gasteiger partial charge >= 0.3 is 0 Å². The van der Waals surface area contributed by atoms with Gasteiger partial charge in [-0.3, -0.25) is 0 Å². The molecule has 0 fully saturated rings. The molecule has 0 saturated heterocycles. The van der Waals surface area contributed by atoms with Crippen LogP contribution in [0.2, 0.25) is 0 Å². The number of alkyl halides is 1. The molecule has 1 aromatic carbocycles. The summed E-state index contributed by atoms with van der Waals surface area (Å²) in [6.45, 7) is 0. The molecule has 0 aliphatic heterocycles. The minimum absolute atomic E-state index is 0.859. The van der Waals surface area contributed by atoms with Crippen molar-refractivity contribution >= 4 is 31.9 Å². The summed E-state index contributed by atoms with van der Waals surface area (Å²) in [5.41, 5.74) is 2.35. The molecular weight excluding hydrogens is 308 g/mol. The number of benzene rings is 1. The number of hydrogen-bond donors (Lipinski definition) is 0. The van der Waals surface area contributed by atoms with Gasteiger partial charge in [0.2, 0.25) is 0 Å². The second-order valence-corrected chi connectivity index (χ2v) is 4.29. The smallest absolute Gasteiger partial charge is 0.0991 e. The fraction of sp³-hybridized carbons (Fsp3) is 0.100. The summed E-state index contributed by atoms with van der Waals surface area (Å²) in [5, 5.41) is 0.859. The number of hydrogen-bond acceptors (Lipinski definition) is 1. The van der Waals surface area contributed by atoms with Crippen LogP contribution >= 0.6 is 31.9 Å². The van der Waals surface area contributed by atoms with Crippen molar-refractivity contribution in [1.82, 2.24) is 9.55 Å². The SMILES string of the molecule is BrCc1ccc(-n2ccnc2)cc1Br. The van der Waals surface area contributed by atoms with Crippen LogP contribution in [0, 0.1) is 0 Å². The Labute approximate surface area is 99.2 Å². The second-order valence-electron chi connectivity index (χ2n) is 2.88. The van der Waals surface area contributed by atoms with E-state index in [-0.39, 0.29) is 0 Å². The van der Waals surface area contributed by atoms with Crippen molar-refractivity contribution in [3.05, 3.63) is 47.0 Å². The Morgan fingerprint density at radius 3 is 2.79 bits per heavy atom. The largest absolute Gasteiger partial charge is 0.306 e. The predicted octanol–water partition coefficient (Wildman–Crippen LogP) is 3.53. The Bertz CT molecular complexity index is 424. The lowest BCUT2D eigenvalue weighted by molar-refractivity contribution is 1.05. The summed E-state index contributed by atoms with van der Waals surface area (Å²) >= 11 is 6.96. The van der Waals surface area contributed by atoms with Gasteiger partial charge in [0, 0.05) is 27.9 Å². The first-order chi connectivity index (χ1) is 6.81. The summed E-state index contributed by atoms with van der Waals surface area (Å²) in [4.78, 5) is 4.01. The minimum Gasteiger partial charge on any atom is -0.306 e. The Kier molecular flexibility index (Phi) is 3.03. The first-order valence-corrected chi connectivity index (χ1v) is 6.05. The summed E-state index contributed by atoms with van der Waals surface area (Å²) in [5.74, 6) is 0. The first-order valence-electron chi connectivity index (χ1n) is 4.14. The van der Waals surface area contributed by atoms with E-state index in [0.717, 1.165) is 15.5 Å². The molecule has 0 amide bonds. The van der Waals surface area contributed by atoms with Gasteiger partial charge in [0.1, 0.15) is 0 Å². The molecule has 0 atom stereocenters. The summed E-state index contributed by atoms with van der Waals surface area (Å²) < 4.78 is 3.09. The van der Waals surface area contributed by atoms with E-state index < -0.39 is 0 Å². The van der Waals surface area contributed by atoms with E-state index in [9.17, 15) is 0 Å². The molecule has 0 aliphatic carbocycles. The zero-order chi connectivity index (χ0) is 9.97. The number of halogens is 2. The van der Waals surface area contributed by atoms with E-state index >= 15 is 0 Å². The van der Waals surface area contributed by atoms with E-state index in [1.807, 2.05) is 10.8 Å². The third kappa shape index (κ3) is 1.91. The minimum atomic E-state index is 0.859. The lowest BCUT2D eigenvalue weighted by Gasteiger charge is -2.05. The molecule has 72 valence electrons. The average Bonchev–Trinajstić information content (AvgIpc) is 2.70. The van der Waals surface area contributed by atoms with Gasteiger partial charge < -0.3 is 4.57 Å². The molecule has 0 N–H and O–H groups in total. The van der Waals surface area contributed by atoms with Crippen LogP contribution in [0.1, 0.15) is 5.56 Å². The molecule has 2 nitrogen and oxygen atoms in total. The van der Waals surface area contributed by atoms with Crippen LogP contribution in [0.5, 0.6) is 0 Å². The number of imidazole rings is 1. The van der Waals surface area contributed by atoms with Crippen LogP contribution in [0.15, 0.2) is 41.4 Å². The van der Waals surface area contributed by atoms with Crippen molar-refractivity contribution in [3.63, 3.8) is 0 Å². The van der Waals surface area contributed by atoms with E-state index in [2.05, 4.69) is 55.0 Å². The Hall–Kier alpha value is -0.610. The monoisotopic (exact) mass is 314 g/mol. The van der Waals surface area contributed by atoms with Crippen molar-refractivity contribution in [2.75, 3.05) is 0 Å². The fourth-order valence-electron chi connectivity index (χ4n) is 1.22. The molecule has 0 spiro atoms. The molecule has 0 saturated carbocycles. The molecule has 1 aromatic heterocycles. The average molecular weight is 316 g/mol. The highest BCUT2D eigenvalue weighted by Gasteiger charge is 2.00. The lowest BCUT2D eigenvalue weighted by atomic mass is 10.2. The van der Waals surface area contributed by atoms with E-state index in [4.69, 9.17) is 0 Å². The normalized spacial score (nSPS) is 10.4. The van der Waals surface area contributed by atoms with E-state index in [0.29, 0.717) is 0 Å². The first kappa shape index (κ1) is 9.93. The van der Waals surface area contributed by atoms with Crippen molar-refractivity contribution in [2.45, 2.75) is 5.33 Å². The molecule has 4 heteroatoms. The third-order valence-corrected chi connectivity index (χ3v) is 3.33. The van der Waals surface area contributed by atoms with Crippen LogP contribution in [0.25, 0.3) is 5.69 Å². The molecule has 1 heterocycles. The topological polar surface area (TPSA) is 17.8 Å². The van der Waals surface area contributed by atoms with Gasteiger partial charge in [0.25, 0.3) is 0 Å². The van der Waals surface area contributed by atoms with Crippen molar-refractivity contribution in [3.8, 4) is 5.69 Å². The fourth-order valence-corrected chi connectivity index (χ4v) is 2.59. The van der Waals surface area contributed by atoms with Gasteiger partial charge in [0.15, 0.2) is 0 Å². The third-order valence-electron chi connectivity index (χ3n) is 1.98. The molecule has 0 bridgehead atoms. The highest BCUT2D eigenvalue weighted by molar-refractivity contribution is 9.10. The zero-order valence-electron chi connectivity index (χ0n) is 7.32. The lowest BCUT2D eigenvalue weighted by Crippen LogP contribution is -1.91. The van der Waals surface area contributed by atoms with E-state index in [1.165, 1.54) is 5.56 Å². The molecule has 2 rings (SSSR count). The number of nitrogens with zero attached hydrogens (tertiary/aromatic N) is 2. The maximum atomic E-state index is 4.01. The highest BCUT2D eigenvalue weighted by atomic mass is 79.9. The zero-order valence-corrected chi connectivity index (χ0v) is 10.5. The molecular formula is C10H8Br2N2. The van der Waals surface area contributed by atoms with Gasteiger partial charge in [-0.1, -0.05) is 37.9 Å². The van der Waals surface area contributed by atoms with Crippen molar-refractivity contribution in [1.29, 1.82) is 0 Å². The van der Waals surface area contributed by atoms with Gasteiger partial charge in [-0.25, -0.2) is 4.98 Å². The van der Waals surface area contributed by atoms with Crippen LogP contribution in [0.3, 0.4) is 0 Å². The second kappa shape index (κ2) is 4.28. The molecule has 0 radical (unpaired) electrons.